The molecule has 3 aromatic carbocycles. The largest absolute Gasteiger partial charge is 0.371 e. The normalized spacial score (nSPS) is 13.6. The van der Waals surface area contributed by atoms with Crippen LogP contribution in [0.2, 0.25) is 0 Å². The highest BCUT2D eigenvalue weighted by Gasteiger charge is 2.21. The monoisotopic (exact) mass is 439 g/mol. The van der Waals surface area contributed by atoms with Gasteiger partial charge < -0.3 is 20.9 Å². The molecule has 0 unspecified atom stereocenters. The third kappa shape index (κ3) is 5.89. The number of rotatable bonds is 5. The van der Waals surface area contributed by atoms with Crippen molar-refractivity contribution < 1.29 is 9.59 Å². The number of carbonyl (C=O) groups excluding carboxylic acids is 2. The second kappa shape index (κ2) is 10.3. The van der Waals surface area contributed by atoms with E-state index in [1.54, 1.807) is 24.3 Å². The highest BCUT2D eigenvalue weighted by molar-refractivity contribution is 6.00. The molecule has 0 aromatic heterocycles. The van der Waals surface area contributed by atoms with Gasteiger partial charge in [0.15, 0.2) is 0 Å². The Morgan fingerprint density at radius 1 is 0.818 bits per heavy atom. The van der Waals surface area contributed by atoms with Crippen molar-refractivity contribution in [3.05, 3.63) is 90.0 Å². The van der Waals surface area contributed by atoms with Crippen molar-refractivity contribution in [1.82, 2.24) is 5.32 Å². The number of para-hydroxylation sites is 1. The van der Waals surface area contributed by atoms with Gasteiger partial charge in [0.1, 0.15) is 0 Å². The van der Waals surface area contributed by atoms with E-state index < -0.39 is 0 Å². The molecule has 0 radical (unpaired) electrons. The van der Waals surface area contributed by atoms with Gasteiger partial charge in [-0.15, -0.1) is 0 Å². The number of anilines is 3. The van der Waals surface area contributed by atoms with Gasteiger partial charge in [-0.25, -0.2) is 4.79 Å². The molecule has 3 N–H and O–H groups in total. The molecule has 0 spiro atoms. The van der Waals surface area contributed by atoms with Gasteiger partial charge >= 0.3 is 6.03 Å². The SMILES string of the molecule is N#Cc1ccc(N2CCC(NC(=O)c3ccc(NC(=O)Nc4ccccc4)cc3)CC2)cc1. The van der Waals surface area contributed by atoms with Crippen molar-refractivity contribution in [1.29, 1.82) is 5.26 Å². The Kier molecular flexibility index (Phi) is 6.86. The van der Waals surface area contributed by atoms with E-state index in [1.165, 1.54) is 0 Å². The number of nitrogens with one attached hydrogen (secondary N) is 3. The topological polar surface area (TPSA) is 97.3 Å². The van der Waals surface area contributed by atoms with Crippen LogP contribution in [0.5, 0.6) is 0 Å². The van der Waals surface area contributed by atoms with Crippen LogP contribution in [0.15, 0.2) is 78.9 Å². The molecule has 1 fully saturated rings. The second-order valence-electron chi connectivity index (χ2n) is 7.92. The Balaban J connectivity index is 1.25. The molecule has 3 amide bonds. The van der Waals surface area contributed by atoms with Crippen molar-refractivity contribution in [2.75, 3.05) is 28.6 Å². The summed E-state index contributed by atoms with van der Waals surface area (Å²) >= 11 is 0. The number of nitriles is 1. The molecule has 0 bridgehead atoms. The summed E-state index contributed by atoms with van der Waals surface area (Å²) in [7, 11) is 0. The molecule has 4 rings (SSSR count). The number of benzene rings is 3. The first-order valence-corrected chi connectivity index (χ1v) is 10.9. The zero-order valence-corrected chi connectivity index (χ0v) is 18.1. The van der Waals surface area contributed by atoms with Gasteiger partial charge in [-0.2, -0.15) is 5.26 Å². The number of urea groups is 1. The summed E-state index contributed by atoms with van der Waals surface area (Å²) < 4.78 is 0. The molecule has 166 valence electrons. The molecule has 33 heavy (non-hydrogen) atoms. The Labute approximate surface area is 193 Å². The Morgan fingerprint density at radius 3 is 2.03 bits per heavy atom. The van der Waals surface area contributed by atoms with Gasteiger partial charge in [0.05, 0.1) is 11.6 Å². The summed E-state index contributed by atoms with van der Waals surface area (Å²) in [4.78, 5) is 27.0. The Bertz CT molecular complexity index is 1130. The first-order valence-electron chi connectivity index (χ1n) is 10.9. The van der Waals surface area contributed by atoms with Crippen molar-refractivity contribution in [2.45, 2.75) is 18.9 Å². The molecule has 0 atom stereocenters. The summed E-state index contributed by atoms with van der Waals surface area (Å²) in [5.41, 5.74) is 3.61. The van der Waals surface area contributed by atoms with Crippen LogP contribution < -0.4 is 20.9 Å². The predicted octanol–water partition coefficient (Wildman–Crippen LogP) is 4.60. The van der Waals surface area contributed by atoms with Gasteiger partial charge in [0.25, 0.3) is 5.91 Å². The lowest BCUT2D eigenvalue weighted by Crippen LogP contribution is -2.44. The lowest BCUT2D eigenvalue weighted by atomic mass is 10.0. The average molecular weight is 440 g/mol. The molecule has 1 saturated heterocycles. The van der Waals surface area contributed by atoms with E-state index >= 15 is 0 Å². The van der Waals surface area contributed by atoms with Crippen LogP contribution >= 0.6 is 0 Å². The van der Waals surface area contributed by atoms with E-state index in [0.29, 0.717) is 22.5 Å². The number of carbonyl (C=O) groups is 2. The third-order valence-electron chi connectivity index (χ3n) is 5.63. The Morgan fingerprint density at radius 2 is 1.42 bits per heavy atom. The first-order chi connectivity index (χ1) is 16.1. The number of hydrogen-bond acceptors (Lipinski definition) is 4. The zero-order chi connectivity index (χ0) is 23.0. The quantitative estimate of drug-likeness (QED) is 0.541. The maximum Gasteiger partial charge on any atom is 0.323 e. The van der Waals surface area contributed by atoms with Crippen molar-refractivity contribution >= 4 is 29.0 Å². The number of piperidine rings is 1. The third-order valence-corrected chi connectivity index (χ3v) is 5.63. The van der Waals surface area contributed by atoms with Crippen LogP contribution in [0.3, 0.4) is 0 Å². The average Bonchev–Trinajstić information content (AvgIpc) is 2.85. The summed E-state index contributed by atoms with van der Waals surface area (Å²) in [6.07, 6.45) is 1.70. The second-order valence-corrected chi connectivity index (χ2v) is 7.92. The zero-order valence-electron chi connectivity index (χ0n) is 18.1. The highest BCUT2D eigenvalue weighted by atomic mass is 16.2. The first kappa shape index (κ1) is 21.9. The highest BCUT2D eigenvalue weighted by Crippen LogP contribution is 2.21. The van der Waals surface area contributed by atoms with Crippen LogP contribution in [0.4, 0.5) is 21.9 Å². The minimum atomic E-state index is -0.340. The summed E-state index contributed by atoms with van der Waals surface area (Å²) in [6, 6.07) is 25.5. The van der Waals surface area contributed by atoms with Crippen molar-refractivity contribution in [3.8, 4) is 6.07 Å². The molecule has 3 aromatic rings. The number of nitrogens with zero attached hydrogens (tertiary/aromatic N) is 2. The lowest BCUT2D eigenvalue weighted by molar-refractivity contribution is 0.0931. The van der Waals surface area contributed by atoms with Crippen LogP contribution in [-0.4, -0.2) is 31.1 Å². The molecular weight excluding hydrogens is 414 g/mol. The minimum absolute atomic E-state index is 0.113. The van der Waals surface area contributed by atoms with Gasteiger partial charge in [-0.05, 0) is 73.5 Å². The van der Waals surface area contributed by atoms with E-state index in [0.717, 1.165) is 31.6 Å². The summed E-state index contributed by atoms with van der Waals surface area (Å²) in [5.74, 6) is -0.118. The maximum atomic E-state index is 12.7. The molecule has 7 heteroatoms. The fourth-order valence-corrected chi connectivity index (χ4v) is 3.82. The molecule has 0 aliphatic carbocycles. The number of hydrogen-bond donors (Lipinski definition) is 3. The van der Waals surface area contributed by atoms with Crippen LogP contribution in [0, 0.1) is 11.3 Å². The molecular formula is C26H25N5O2. The molecule has 0 saturated carbocycles. The molecule has 1 aliphatic rings. The van der Waals surface area contributed by atoms with E-state index in [1.807, 2.05) is 54.6 Å². The Hall–Kier alpha value is -4.31. The number of amides is 3. The van der Waals surface area contributed by atoms with Crippen molar-refractivity contribution in [2.24, 2.45) is 0 Å². The van der Waals surface area contributed by atoms with Gasteiger partial charge in [-0.1, -0.05) is 18.2 Å². The fourth-order valence-electron chi connectivity index (χ4n) is 3.82. The van der Waals surface area contributed by atoms with Crippen LogP contribution in [0.25, 0.3) is 0 Å². The molecule has 7 nitrogen and oxygen atoms in total. The van der Waals surface area contributed by atoms with Crippen molar-refractivity contribution in [3.63, 3.8) is 0 Å². The van der Waals surface area contributed by atoms with Gasteiger partial charge in [-0.3, -0.25) is 4.79 Å². The van der Waals surface area contributed by atoms with Gasteiger partial charge in [0, 0.05) is 41.8 Å². The molecule has 1 aliphatic heterocycles. The van der Waals surface area contributed by atoms with E-state index in [2.05, 4.69) is 26.9 Å². The lowest BCUT2D eigenvalue weighted by Gasteiger charge is -2.34. The van der Waals surface area contributed by atoms with Crippen LogP contribution in [-0.2, 0) is 0 Å². The standard InChI is InChI=1S/C26H25N5O2/c27-18-19-6-12-24(13-7-19)31-16-14-23(15-17-31)28-25(32)20-8-10-22(11-9-20)30-26(33)29-21-4-2-1-3-5-21/h1-13,23H,14-17H2,(H,28,32)(H2,29,30,33). The maximum absolute atomic E-state index is 12.7. The predicted molar refractivity (Wildman–Crippen MR) is 129 cm³/mol. The van der Waals surface area contributed by atoms with E-state index in [-0.39, 0.29) is 18.0 Å². The fraction of sp³-hybridized carbons (Fsp3) is 0.192. The van der Waals surface area contributed by atoms with Crippen LogP contribution in [0.1, 0.15) is 28.8 Å². The van der Waals surface area contributed by atoms with Gasteiger partial charge in [0.2, 0.25) is 0 Å². The minimum Gasteiger partial charge on any atom is -0.371 e. The smallest absolute Gasteiger partial charge is 0.323 e. The summed E-state index contributed by atoms with van der Waals surface area (Å²) in [5, 5.41) is 17.6. The molecule has 1 heterocycles. The van der Waals surface area contributed by atoms with E-state index in [4.69, 9.17) is 5.26 Å². The van der Waals surface area contributed by atoms with E-state index in [9.17, 15) is 9.59 Å². The summed E-state index contributed by atoms with van der Waals surface area (Å²) in [6.45, 7) is 1.69.